The highest BCUT2D eigenvalue weighted by atomic mass is 79.9. The van der Waals surface area contributed by atoms with Gasteiger partial charge in [-0.2, -0.15) is 8.78 Å². The van der Waals surface area contributed by atoms with Crippen LogP contribution in [0.25, 0.3) is 0 Å². The van der Waals surface area contributed by atoms with Crippen molar-refractivity contribution in [2.45, 2.75) is 49.5 Å². The summed E-state index contributed by atoms with van der Waals surface area (Å²) >= 11 is 2.22. The van der Waals surface area contributed by atoms with E-state index in [1.165, 1.54) is 0 Å². The third kappa shape index (κ3) is 3.50. The molecule has 0 heterocycles. The van der Waals surface area contributed by atoms with Gasteiger partial charge in [0.15, 0.2) is 0 Å². The molecule has 78 valence electrons. The first kappa shape index (κ1) is 11.4. The Bertz CT molecular complexity index is 150. The minimum absolute atomic E-state index is 0.239. The van der Waals surface area contributed by atoms with Gasteiger partial charge in [0.25, 0.3) is 0 Å². The van der Waals surface area contributed by atoms with E-state index in [9.17, 15) is 13.9 Å². The van der Waals surface area contributed by atoms with E-state index in [1.807, 2.05) is 0 Å². The molecule has 0 bridgehead atoms. The molecule has 0 aromatic carbocycles. The summed E-state index contributed by atoms with van der Waals surface area (Å²) in [5.41, 5.74) is 0. The minimum Gasteiger partial charge on any atom is -0.386 e. The molecule has 0 aromatic rings. The van der Waals surface area contributed by atoms with Crippen molar-refractivity contribution in [1.29, 1.82) is 0 Å². The lowest BCUT2D eigenvalue weighted by Crippen LogP contribution is -2.34. The van der Waals surface area contributed by atoms with Crippen LogP contribution in [0, 0.1) is 5.92 Å². The summed E-state index contributed by atoms with van der Waals surface area (Å²) in [6, 6.07) is 0. The van der Waals surface area contributed by atoms with Crippen LogP contribution in [0.15, 0.2) is 0 Å². The van der Waals surface area contributed by atoms with E-state index in [0.29, 0.717) is 0 Å². The van der Waals surface area contributed by atoms with Crippen LogP contribution in [-0.4, -0.2) is 16.0 Å². The third-order valence-electron chi connectivity index (χ3n) is 2.68. The molecule has 1 aliphatic rings. The zero-order chi connectivity index (χ0) is 9.90. The van der Waals surface area contributed by atoms with Gasteiger partial charge in [0.2, 0.25) is 0 Å². The van der Waals surface area contributed by atoms with E-state index in [4.69, 9.17) is 0 Å². The topological polar surface area (TPSA) is 20.2 Å². The molecule has 4 heteroatoms. The molecule has 0 amide bonds. The molecule has 0 saturated heterocycles. The second kappa shape index (κ2) is 4.69. The first-order valence-electron chi connectivity index (χ1n) is 4.76. The van der Waals surface area contributed by atoms with Crippen LogP contribution in [0.3, 0.4) is 0 Å². The molecule has 1 unspecified atom stereocenters. The highest BCUT2D eigenvalue weighted by molar-refractivity contribution is 9.10. The Labute approximate surface area is 85.6 Å². The standard InChI is InChI=1S/C9H15BrF2O/c10-9(11,12)8(13)7-5-3-1-2-4-6-7/h7-8,13H,1-6H2. The molecule has 0 aromatic heterocycles. The molecular formula is C9H15BrF2O. The number of halogens is 3. The van der Waals surface area contributed by atoms with Crippen molar-refractivity contribution in [2.75, 3.05) is 0 Å². The summed E-state index contributed by atoms with van der Waals surface area (Å²) in [5, 5.41) is 9.34. The number of alkyl halides is 3. The van der Waals surface area contributed by atoms with Gasteiger partial charge in [0.05, 0.1) is 0 Å². The molecule has 0 aliphatic heterocycles. The Hall–Kier alpha value is 0.300. The summed E-state index contributed by atoms with van der Waals surface area (Å²) in [6.07, 6.45) is 4.07. The van der Waals surface area contributed by atoms with Crippen molar-refractivity contribution in [3.05, 3.63) is 0 Å². The van der Waals surface area contributed by atoms with E-state index < -0.39 is 10.9 Å². The van der Waals surface area contributed by atoms with Crippen LogP contribution in [-0.2, 0) is 0 Å². The van der Waals surface area contributed by atoms with Crippen molar-refractivity contribution in [3.8, 4) is 0 Å². The smallest absolute Gasteiger partial charge is 0.326 e. The van der Waals surface area contributed by atoms with Gasteiger partial charge in [-0.1, -0.05) is 25.7 Å². The highest BCUT2D eigenvalue weighted by Crippen LogP contribution is 2.36. The van der Waals surface area contributed by atoms with Crippen molar-refractivity contribution in [3.63, 3.8) is 0 Å². The largest absolute Gasteiger partial charge is 0.386 e. The van der Waals surface area contributed by atoms with Crippen LogP contribution in [0.4, 0.5) is 8.78 Å². The Morgan fingerprint density at radius 3 is 2.00 bits per heavy atom. The predicted octanol–water partition coefficient (Wildman–Crippen LogP) is 3.31. The lowest BCUT2D eigenvalue weighted by molar-refractivity contribution is -0.0624. The second-order valence-corrected chi connectivity index (χ2v) is 4.80. The van der Waals surface area contributed by atoms with Gasteiger partial charge in [-0.15, -0.1) is 0 Å². The van der Waals surface area contributed by atoms with Crippen LogP contribution in [0.2, 0.25) is 0 Å². The van der Waals surface area contributed by atoms with E-state index in [2.05, 4.69) is 15.9 Å². The van der Waals surface area contributed by atoms with Crippen molar-refractivity contribution >= 4 is 15.9 Å². The lowest BCUT2D eigenvalue weighted by atomic mass is 9.94. The average Bonchev–Trinajstić information content (AvgIpc) is 2.28. The van der Waals surface area contributed by atoms with Gasteiger partial charge in [-0.25, -0.2) is 0 Å². The molecule has 13 heavy (non-hydrogen) atoms. The quantitative estimate of drug-likeness (QED) is 0.594. The van der Waals surface area contributed by atoms with Crippen LogP contribution >= 0.6 is 15.9 Å². The highest BCUT2D eigenvalue weighted by Gasteiger charge is 2.40. The van der Waals surface area contributed by atoms with Gasteiger partial charge < -0.3 is 5.11 Å². The van der Waals surface area contributed by atoms with E-state index in [0.717, 1.165) is 38.5 Å². The summed E-state index contributed by atoms with van der Waals surface area (Å²) in [6.45, 7) is 0. The Balaban J connectivity index is 2.48. The van der Waals surface area contributed by atoms with Crippen molar-refractivity contribution in [1.82, 2.24) is 0 Å². The van der Waals surface area contributed by atoms with Gasteiger partial charge in [0, 0.05) is 0 Å². The van der Waals surface area contributed by atoms with Crippen LogP contribution in [0.1, 0.15) is 38.5 Å². The first-order valence-corrected chi connectivity index (χ1v) is 5.56. The molecular weight excluding hydrogens is 242 g/mol. The van der Waals surface area contributed by atoms with Gasteiger partial charge in [-0.05, 0) is 34.7 Å². The lowest BCUT2D eigenvalue weighted by Gasteiger charge is -2.24. The zero-order valence-electron chi connectivity index (χ0n) is 7.48. The summed E-state index contributed by atoms with van der Waals surface area (Å²) < 4.78 is 25.4. The van der Waals surface area contributed by atoms with E-state index in [1.54, 1.807) is 0 Å². The number of hydrogen-bond acceptors (Lipinski definition) is 1. The predicted molar refractivity (Wildman–Crippen MR) is 51.1 cm³/mol. The monoisotopic (exact) mass is 256 g/mol. The molecule has 1 atom stereocenters. The van der Waals surface area contributed by atoms with Crippen LogP contribution in [0.5, 0.6) is 0 Å². The van der Waals surface area contributed by atoms with Gasteiger partial charge in [-0.3, -0.25) is 0 Å². The SMILES string of the molecule is OC(C1CCCCCC1)C(F)(F)Br. The van der Waals surface area contributed by atoms with Gasteiger partial charge >= 0.3 is 4.83 Å². The average molecular weight is 257 g/mol. The number of aliphatic hydroxyl groups is 1. The molecule has 1 nitrogen and oxygen atoms in total. The fourth-order valence-electron chi connectivity index (χ4n) is 1.89. The number of rotatable bonds is 2. The normalized spacial score (nSPS) is 24.0. The van der Waals surface area contributed by atoms with E-state index in [-0.39, 0.29) is 5.92 Å². The maximum atomic E-state index is 12.7. The third-order valence-corrected chi connectivity index (χ3v) is 3.15. The molecule has 1 N–H and O–H groups in total. The van der Waals surface area contributed by atoms with Crippen molar-refractivity contribution in [2.24, 2.45) is 5.92 Å². The van der Waals surface area contributed by atoms with Gasteiger partial charge in [0.1, 0.15) is 6.10 Å². The summed E-state index contributed by atoms with van der Waals surface area (Å²) in [5.74, 6) is -0.239. The zero-order valence-corrected chi connectivity index (χ0v) is 9.06. The molecule has 1 rings (SSSR count). The first-order chi connectivity index (χ1) is 6.02. The van der Waals surface area contributed by atoms with E-state index >= 15 is 0 Å². The Kier molecular flexibility index (Phi) is 4.10. The molecule has 0 radical (unpaired) electrons. The summed E-state index contributed by atoms with van der Waals surface area (Å²) in [7, 11) is 0. The molecule has 1 saturated carbocycles. The Morgan fingerprint density at radius 1 is 1.15 bits per heavy atom. The van der Waals surface area contributed by atoms with Crippen molar-refractivity contribution < 1.29 is 13.9 Å². The number of aliphatic hydroxyl groups excluding tert-OH is 1. The maximum Gasteiger partial charge on any atom is 0.326 e. The fourth-order valence-corrected chi connectivity index (χ4v) is 2.27. The Morgan fingerprint density at radius 2 is 1.62 bits per heavy atom. The second-order valence-electron chi connectivity index (χ2n) is 3.74. The number of hydrogen-bond donors (Lipinski definition) is 1. The van der Waals surface area contributed by atoms with Crippen LogP contribution < -0.4 is 0 Å². The minimum atomic E-state index is -3.12. The molecule has 0 spiro atoms. The fraction of sp³-hybridized carbons (Fsp3) is 1.00. The molecule has 1 fully saturated rings. The maximum absolute atomic E-state index is 12.7. The molecule has 1 aliphatic carbocycles. The summed E-state index contributed by atoms with van der Waals surface area (Å²) in [4.78, 5) is -3.12.